The summed E-state index contributed by atoms with van der Waals surface area (Å²) in [5.41, 5.74) is 1.27. The molecule has 1 heterocycles. The Morgan fingerprint density at radius 1 is 1.07 bits per heavy atom. The second kappa shape index (κ2) is 7.15. The van der Waals surface area contributed by atoms with Gasteiger partial charge in [0.2, 0.25) is 5.91 Å². The molecule has 6 rings (SSSR count). The van der Waals surface area contributed by atoms with E-state index >= 15 is 0 Å². The van der Waals surface area contributed by atoms with Crippen LogP contribution in [-0.4, -0.2) is 30.4 Å². The zero-order valence-corrected chi connectivity index (χ0v) is 16.8. The number of nitrogens with one attached hydrogen (secondary N) is 1. The molecular weight excluding hydrogens is 368 g/mol. The van der Waals surface area contributed by atoms with Gasteiger partial charge >= 0.3 is 5.97 Å². The molecule has 0 unspecified atom stereocenters. The predicted octanol–water partition coefficient (Wildman–Crippen LogP) is 3.37. The van der Waals surface area contributed by atoms with Crippen molar-refractivity contribution in [2.45, 2.75) is 51.5 Å². The van der Waals surface area contributed by atoms with Crippen LogP contribution in [0.3, 0.4) is 0 Å². The van der Waals surface area contributed by atoms with Gasteiger partial charge in [0.1, 0.15) is 0 Å². The van der Waals surface area contributed by atoms with Crippen molar-refractivity contribution in [3.05, 3.63) is 24.3 Å². The molecule has 1 aromatic carbocycles. The molecule has 4 bridgehead atoms. The summed E-state index contributed by atoms with van der Waals surface area (Å²) in [7, 11) is 0. The third-order valence-electron chi connectivity index (χ3n) is 7.46. The number of fused-ring (bicyclic) bond motifs is 1. The fourth-order valence-electron chi connectivity index (χ4n) is 6.58. The molecule has 1 aromatic rings. The second-order valence-corrected chi connectivity index (χ2v) is 9.45. The first kappa shape index (κ1) is 18.6. The van der Waals surface area contributed by atoms with E-state index in [4.69, 9.17) is 4.74 Å². The van der Waals surface area contributed by atoms with Gasteiger partial charge < -0.3 is 15.0 Å². The smallest absolute Gasteiger partial charge is 0.310 e. The fraction of sp³-hybridized carbons (Fsp3) is 0.609. The Balaban J connectivity index is 1.28. The van der Waals surface area contributed by atoms with E-state index < -0.39 is 0 Å². The van der Waals surface area contributed by atoms with Crippen LogP contribution in [0.25, 0.3) is 0 Å². The minimum absolute atomic E-state index is 0.0345. The highest BCUT2D eigenvalue weighted by molar-refractivity contribution is 6.05. The number of benzene rings is 1. The molecular formula is C23H28N2O4. The highest BCUT2D eigenvalue weighted by Crippen LogP contribution is 2.56. The number of rotatable bonds is 3. The third-order valence-corrected chi connectivity index (χ3v) is 7.46. The maximum atomic E-state index is 13.0. The molecule has 5 aliphatic rings. The molecule has 29 heavy (non-hydrogen) atoms. The summed E-state index contributed by atoms with van der Waals surface area (Å²) in [6.45, 7) is 1.58. The van der Waals surface area contributed by atoms with Crippen molar-refractivity contribution in [1.82, 2.24) is 0 Å². The van der Waals surface area contributed by atoms with E-state index in [1.54, 1.807) is 11.0 Å². The summed E-state index contributed by atoms with van der Waals surface area (Å²) >= 11 is 0. The standard InChI is InChI=1S/C23H28N2O4/c1-13-6-20(26)24-18-4-2-3-5-19(18)25(13)21(27)12-29-23(28)22-16-8-14-7-15(10-16)11-17(22)9-14/h2-5,13-17,22H,6-12H2,1H3,(H,24,26)/t13-,14?,15?,16?,17?,22?/m1/s1. The molecule has 1 atom stereocenters. The van der Waals surface area contributed by atoms with Gasteiger partial charge in [-0.15, -0.1) is 0 Å². The Hall–Kier alpha value is -2.37. The molecule has 2 amide bonds. The zero-order chi connectivity index (χ0) is 20.1. The number of hydrogen-bond acceptors (Lipinski definition) is 4. The Bertz CT molecular complexity index is 823. The van der Waals surface area contributed by atoms with E-state index in [9.17, 15) is 14.4 Å². The topological polar surface area (TPSA) is 75.7 Å². The van der Waals surface area contributed by atoms with Gasteiger partial charge in [0.15, 0.2) is 6.61 Å². The summed E-state index contributed by atoms with van der Waals surface area (Å²) in [6, 6.07) is 6.96. The molecule has 0 spiro atoms. The van der Waals surface area contributed by atoms with Crippen molar-refractivity contribution < 1.29 is 19.1 Å². The summed E-state index contributed by atoms with van der Waals surface area (Å²) in [5, 5.41) is 2.85. The largest absolute Gasteiger partial charge is 0.455 e. The average Bonchev–Trinajstić information content (AvgIpc) is 2.79. The number of amides is 2. The van der Waals surface area contributed by atoms with Crippen LogP contribution in [0.4, 0.5) is 11.4 Å². The number of carbonyl (C=O) groups excluding carboxylic acids is 3. The van der Waals surface area contributed by atoms with Crippen LogP contribution in [0.15, 0.2) is 24.3 Å². The highest BCUT2D eigenvalue weighted by atomic mass is 16.5. The van der Waals surface area contributed by atoms with Crippen molar-refractivity contribution in [2.75, 3.05) is 16.8 Å². The minimum Gasteiger partial charge on any atom is -0.455 e. The van der Waals surface area contributed by atoms with Crippen LogP contribution in [0.5, 0.6) is 0 Å². The van der Waals surface area contributed by atoms with Crippen molar-refractivity contribution >= 4 is 29.2 Å². The van der Waals surface area contributed by atoms with E-state index in [-0.39, 0.29) is 42.8 Å². The van der Waals surface area contributed by atoms with Gasteiger partial charge in [-0.2, -0.15) is 0 Å². The minimum atomic E-state index is -0.300. The van der Waals surface area contributed by atoms with Crippen LogP contribution in [0.1, 0.15) is 45.4 Å². The zero-order valence-electron chi connectivity index (χ0n) is 16.8. The molecule has 4 fully saturated rings. The molecule has 1 N–H and O–H groups in total. The molecule has 6 nitrogen and oxygen atoms in total. The Labute approximate surface area is 171 Å². The van der Waals surface area contributed by atoms with Gasteiger partial charge in [-0.3, -0.25) is 14.4 Å². The lowest BCUT2D eigenvalue weighted by Crippen LogP contribution is -2.49. The SMILES string of the molecule is C[C@@H]1CC(=O)Nc2ccccc2N1C(=O)COC(=O)C1C2CC3CC(C2)CC1C3. The predicted molar refractivity (Wildman–Crippen MR) is 108 cm³/mol. The molecule has 6 heteroatoms. The van der Waals surface area contributed by atoms with Gasteiger partial charge in [0.05, 0.1) is 17.3 Å². The Kier molecular flexibility index (Phi) is 4.60. The molecule has 4 saturated carbocycles. The first-order valence-electron chi connectivity index (χ1n) is 10.9. The number of para-hydroxylation sites is 2. The lowest BCUT2D eigenvalue weighted by molar-refractivity contribution is -0.164. The van der Waals surface area contributed by atoms with Crippen LogP contribution in [0.2, 0.25) is 0 Å². The first-order chi connectivity index (χ1) is 14.0. The summed E-state index contributed by atoms with van der Waals surface area (Å²) < 4.78 is 5.58. The lowest BCUT2D eigenvalue weighted by Gasteiger charge is -2.53. The van der Waals surface area contributed by atoms with Gasteiger partial charge in [0.25, 0.3) is 5.91 Å². The Morgan fingerprint density at radius 2 is 1.72 bits per heavy atom. The summed E-state index contributed by atoms with van der Waals surface area (Å²) in [4.78, 5) is 39.6. The molecule has 4 aliphatic carbocycles. The van der Waals surface area contributed by atoms with Gasteiger partial charge in [0, 0.05) is 12.5 Å². The van der Waals surface area contributed by atoms with E-state index in [2.05, 4.69) is 5.32 Å². The maximum Gasteiger partial charge on any atom is 0.310 e. The third kappa shape index (κ3) is 3.32. The average molecular weight is 396 g/mol. The quantitative estimate of drug-likeness (QED) is 0.795. The van der Waals surface area contributed by atoms with Crippen LogP contribution in [-0.2, 0) is 19.1 Å². The monoisotopic (exact) mass is 396 g/mol. The fourth-order valence-corrected chi connectivity index (χ4v) is 6.58. The van der Waals surface area contributed by atoms with Crippen LogP contribution < -0.4 is 10.2 Å². The summed E-state index contributed by atoms with van der Waals surface area (Å²) in [5.74, 6) is 1.83. The number of ether oxygens (including phenoxy) is 1. The van der Waals surface area contributed by atoms with E-state index in [1.165, 1.54) is 6.42 Å². The van der Waals surface area contributed by atoms with E-state index in [0.29, 0.717) is 23.2 Å². The van der Waals surface area contributed by atoms with E-state index in [1.807, 2.05) is 25.1 Å². The van der Waals surface area contributed by atoms with Crippen molar-refractivity contribution in [3.8, 4) is 0 Å². The number of hydrogen-bond donors (Lipinski definition) is 1. The number of carbonyl (C=O) groups is 3. The number of esters is 1. The molecule has 0 radical (unpaired) electrons. The van der Waals surface area contributed by atoms with E-state index in [0.717, 1.165) is 37.5 Å². The normalized spacial score (nSPS) is 34.9. The Morgan fingerprint density at radius 3 is 2.41 bits per heavy atom. The summed E-state index contributed by atoms with van der Waals surface area (Å²) in [6.07, 6.45) is 6.13. The number of anilines is 2. The maximum absolute atomic E-state index is 13.0. The van der Waals surface area contributed by atoms with Gasteiger partial charge in [-0.1, -0.05) is 12.1 Å². The lowest BCUT2D eigenvalue weighted by atomic mass is 9.52. The van der Waals surface area contributed by atoms with Crippen molar-refractivity contribution in [2.24, 2.45) is 29.6 Å². The van der Waals surface area contributed by atoms with Gasteiger partial charge in [-0.25, -0.2) is 0 Å². The van der Waals surface area contributed by atoms with Crippen molar-refractivity contribution in [3.63, 3.8) is 0 Å². The molecule has 1 aliphatic heterocycles. The van der Waals surface area contributed by atoms with Crippen LogP contribution >= 0.6 is 0 Å². The highest BCUT2D eigenvalue weighted by Gasteiger charge is 2.51. The van der Waals surface area contributed by atoms with Gasteiger partial charge in [-0.05, 0) is 74.8 Å². The molecule has 154 valence electrons. The van der Waals surface area contributed by atoms with Crippen LogP contribution in [0, 0.1) is 29.6 Å². The number of nitrogens with zero attached hydrogens (tertiary/aromatic N) is 1. The second-order valence-electron chi connectivity index (χ2n) is 9.45. The molecule has 0 saturated heterocycles. The first-order valence-corrected chi connectivity index (χ1v) is 10.9. The molecule has 0 aromatic heterocycles. The van der Waals surface area contributed by atoms with Crippen molar-refractivity contribution in [1.29, 1.82) is 0 Å².